The summed E-state index contributed by atoms with van der Waals surface area (Å²) in [5.41, 5.74) is 4.28. The Morgan fingerprint density at radius 1 is 1.18 bits per heavy atom. The molecule has 0 saturated carbocycles. The van der Waals surface area contributed by atoms with Crippen LogP contribution in [0.2, 0.25) is 0 Å². The van der Waals surface area contributed by atoms with Gasteiger partial charge in [-0.1, -0.05) is 59.8 Å². The average Bonchev–Trinajstić information content (AvgIpc) is 3.21. The molecule has 2 atom stereocenters. The molecule has 7 heteroatoms. The highest BCUT2D eigenvalue weighted by molar-refractivity contribution is 8.00. The van der Waals surface area contributed by atoms with Crippen LogP contribution in [0.25, 0.3) is 11.4 Å². The van der Waals surface area contributed by atoms with Crippen LogP contribution in [-0.4, -0.2) is 32.1 Å². The van der Waals surface area contributed by atoms with Crippen molar-refractivity contribution in [1.82, 2.24) is 14.9 Å². The van der Waals surface area contributed by atoms with Crippen molar-refractivity contribution in [2.75, 3.05) is 10.7 Å². The summed E-state index contributed by atoms with van der Waals surface area (Å²) in [6.07, 6.45) is 0.879. The van der Waals surface area contributed by atoms with Gasteiger partial charge in [-0.15, -0.1) is 10.2 Å². The van der Waals surface area contributed by atoms with E-state index in [9.17, 15) is 4.79 Å². The van der Waals surface area contributed by atoms with Crippen LogP contribution < -0.4 is 10.7 Å². The van der Waals surface area contributed by atoms with Crippen LogP contribution in [0.15, 0.2) is 53.7 Å². The van der Waals surface area contributed by atoms with E-state index in [-0.39, 0.29) is 17.2 Å². The number of aromatic nitrogens is 3. The van der Waals surface area contributed by atoms with Crippen LogP contribution in [-0.2, 0) is 11.2 Å². The zero-order chi connectivity index (χ0) is 19.8. The van der Waals surface area contributed by atoms with Gasteiger partial charge in [0.25, 0.3) is 0 Å². The number of carbonyl (C=O) groups is 1. The van der Waals surface area contributed by atoms with E-state index in [2.05, 4.69) is 23.2 Å². The van der Waals surface area contributed by atoms with Crippen molar-refractivity contribution in [1.29, 1.82) is 0 Å². The molecule has 1 aliphatic rings. The van der Waals surface area contributed by atoms with Crippen LogP contribution in [0.4, 0.5) is 5.69 Å². The quantitative estimate of drug-likeness (QED) is 0.543. The fraction of sp³-hybridized carbons (Fsp3) is 0.286. The number of carbonyl (C=O) groups excluding carboxylic acids is 1. The van der Waals surface area contributed by atoms with Crippen molar-refractivity contribution >= 4 is 23.4 Å². The molecule has 0 bridgehead atoms. The number of nitrogens with zero attached hydrogens (tertiary/aromatic N) is 4. The van der Waals surface area contributed by atoms with Crippen LogP contribution in [0, 0.1) is 6.92 Å². The van der Waals surface area contributed by atoms with E-state index in [1.165, 1.54) is 27.6 Å². The van der Waals surface area contributed by atoms with Gasteiger partial charge in [-0.25, -0.2) is 4.68 Å². The Morgan fingerprint density at radius 3 is 2.64 bits per heavy atom. The molecule has 0 radical (unpaired) electrons. The molecule has 1 amide bonds. The molecule has 0 spiro atoms. The molecule has 1 aromatic heterocycles. The second-order valence-electron chi connectivity index (χ2n) is 7.19. The largest absolute Gasteiger partial charge is 0.335 e. The Morgan fingerprint density at radius 2 is 1.89 bits per heavy atom. The Kier molecular flexibility index (Phi) is 4.85. The van der Waals surface area contributed by atoms with Gasteiger partial charge in [-0.05, 0) is 38.8 Å². The van der Waals surface area contributed by atoms with E-state index >= 15 is 0 Å². The summed E-state index contributed by atoms with van der Waals surface area (Å²) >= 11 is 1.33. The minimum atomic E-state index is -0.328. The normalized spacial score (nSPS) is 16.8. The topological polar surface area (TPSA) is 77.0 Å². The lowest BCUT2D eigenvalue weighted by Crippen LogP contribution is -2.40. The summed E-state index contributed by atoms with van der Waals surface area (Å²) in [4.78, 5) is 15.0. The number of nitrogen functional groups attached to an aromatic ring is 1. The summed E-state index contributed by atoms with van der Waals surface area (Å²) in [5.74, 6) is 6.87. The molecule has 6 nitrogen and oxygen atoms in total. The number of benzene rings is 2. The first-order valence-corrected chi connectivity index (χ1v) is 10.2. The minimum Gasteiger partial charge on any atom is -0.335 e. The van der Waals surface area contributed by atoms with E-state index in [1.807, 2.05) is 61.2 Å². The average molecular weight is 394 g/mol. The number of amides is 1. The molecule has 28 heavy (non-hydrogen) atoms. The second-order valence-corrected chi connectivity index (χ2v) is 8.50. The molecule has 0 unspecified atom stereocenters. The summed E-state index contributed by atoms with van der Waals surface area (Å²) in [7, 11) is 0. The number of aryl methyl sites for hydroxylation is 1. The van der Waals surface area contributed by atoms with Gasteiger partial charge in [0, 0.05) is 17.3 Å². The van der Waals surface area contributed by atoms with Crippen molar-refractivity contribution in [3.8, 4) is 11.4 Å². The van der Waals surface area contributed by atoms with Crippen molar-refractivity contribution in [2.45, 2.75) is 43.6 Å². The summed E-state index contributed by atoms with van der Waals surface area (Å²) < 4.78 is 1.46. The second kappa shape index (κ2) is 7.31. The molecule has 3 aromatic rings. The van der Waals surface area contributed by atoms with Crippen LogP contribution in [0.5, 0.6) is 0 Å². The molecule has 2 heterocycles. The number of fused-ring (bicyclic) bond motifs is 1. The van der Waals surface area contributed by atoms with E-state index in [4.69, 9.17) is 5.84 Å². The van der Waals surface area contributed by atoms with Crippen LogP contribution >= 0.6 is 11.8 Å². The predicted octanol–water partition coefficient (Wildman–Crippen LogP) is 3.43. The molecular formula is C21H23N5OS. The highest BCUT2D eigenvalue weighted by atomic mass is 32.2. The van der Waals surface area contributed by atoms with Gasteiger partial charge in [0.15, 0.2) is 5.82 Å². The molecule has 1 aliphatic heterocycles. The van der Waals surface area contributed by atoms with Crippen LogP contribution in [0.3, 0.4) is 0 Å². The number of hydrogen-bond acceptors (Lipinski definition) is 5. The number of nitrogens with two attached hydrogens (primary N) is 1. The number of anilines is 1. The van der Waals surface area contributed by atoms with Crippen molar-refractivity contribution in [3.63, 3.8) is 0 Å². The van der Waals surface area contributed by atoms with Crippen molar-refractivity contribution < 1.29 is 4.79 Å². The Balaban J connectivity index is 1.53. The lowest BCUT2D eigenvalue weighted by atomic mass is 10.1. The first kappa shape index (κ1) is 18.6. The van der Waals surface area contributed by atoms with Crippen molar-refractivity contribution in [3.05, 3.63) is 59.7 Å². The number of thioether (sulfide) groups is 1. The van der Waals surface area contributed by atoms with Gasteiger partial charge in [-0.2, -0.15) is 0 Å². The predicted molar refractivity (Wildman–Crippen MR) is 113 cm³/mol. The Hall–Kier alpha value is -2.80. The maximum Gasteiger partial charge on any atom is 0.240 e. The SMILES string of the molecule is Cc1ccc(-c2nnc(S[C@@H](C)C(=O)N3c4ccccc4C[C@@H]3C)n2N)cc1. The van der Waals surface area contributed by atoms with E-state index < -0.39 is 0 Å². The fourth-order valence-electron chi connectivity index (χ4n) is 3.56. The molecule has 144 valence electrons. The highest BCUT2D eigenvalue weighted by Gasteiger charge is 2.34. The van der Waals surface area contributed by atoms with Crippen molar-refractivity contribution in [2.24, 2.45) is 0 Å². The zero-order valence-corrected chi connectivity index (χ0v) is 17.0. The van der Waals surface area contributed by atoms with Gasteiger partial charge < -0.3 is 10.7 Å². The minimum absolute atomic E-state index is 0.0577. The molecule has 4 rings (SSSR count). The van der Waals surface area contributed by atoms with Gasteiger partial charge in [0.1, 0.15) is 0 Å². The third-order valence-corrected chi connectivity index (χ3v) is 6.09. The van der Waals surface area contributed by atoms with E-state index in [0.29, 0.717) is 11.0 Å². The van der Waals surface area contributed by atoms with E-state index in [1.54, 1.807) is 0 Å². The monoisotopic (exact) mass is 393 g/mol. The van der Waals surface area contributed by atoms with Gasteiger partial charge >= 0.3 is 0 Å². The standard InChI is InChI=1S/C21H23N5OS/c1-13-8-10-16(11-9-13)19-23-24-21(26(19)22)28-15(3)20(27)25-14(2)12-17-6-4-5-7-18(17)25/h4-11,14-15H,12,22H2,1-3H3/t14-,15-/m0/s1. The molecule has 0 aliphatic carbocycles. The zero-order valence-electron chi connectivity index (χ0n) is 16.2. The molecule has 2 N–H and O–H groups in total. The lowest BCUT2D eigenvalue weighted by molar-refractivity contribution is -0.118. The number of hydrogen-bond donors (Lipinski definition) is 1. The summed E-state index contributed by atoms with van der Waals surface area (Å²) in [6, 6.07) is 16.2. The first-order chi connectivity index (χ1) is 13.5. The molecular weight excluding hydrogens is 370 g/mol. The third kappa shape index (κ3) is 3.26. The smallest absolute Gasteiger partial charge is 0.240 e. The van der Waals surface area contributed by atoms with E-state index in [0.717, 1.165) is 17.7 Å². The summed E-state index contributed by atoms with van der Waals surface area (Å²) in [6.45, 7) is 6.00. The molecule has 2 aromatic carbocycles. The fourth-order valence-corrected chi connectivity index (χ4v) is 4.38. The Labute approximate surface area is 168 Å². The van der Waals surface area contributed by atoms with Crippen LogP contribution in [0.1, 0.15) is 25.0 Å². The lowest BCUT2D eigenvalue weighted by Gasteiger charge is -2.25. The third-order valence-electron chi connectivity index (χ3n) is 5.05. The first-order valence-electron chi connectivity index (χ1n) is 9.31. The maximum absolute atomic E-state index is 13.2. The molecule has 0 saturated heterocycles. The van der Waals surface area contributed by atoms with Gasteiger partial charge in [-0.3, -0.25) is 4.79 Å². The molecule has 0 fully saturated rings. The maximum atomic E-state index is 13.2. The number of rotatable bonds is 4. The number of para-hydroxylation sites is 1. The Bertz CT molecular complexity index is 1010. The van der Waals surface area contributed by atoms with Gasteiger partial charge in [0.05, 0.1) is 5.25 Å². The highest BCUT2D eigenvalue weighted by Crippen LogP contribution is 2.34. The van der Waals surface area contributed by atoms with Gasteiger partial charge in [0.2, 0.25) is 11.1 Å². The summed E-state index contributed by atoms with van der Waals surface area (Å²) in [5, 5.41) is 8.62.